The lowest BCUT2D eigenvalue weighted by atomic mass is 9.99. The van der Waals surface area contributed by atoms with Crippen molar-refractivity contribution >= 4 is 29.9 Å². The molecule has 5 heteroatoms. The predicted octanol–water partition coefficient (Wildman–Crippen LogP) is 3.24. The summed E-state index contributed by atoms with van der Waals surface area (Å²) in [4.78, 5) is 7.21. The van der Waals surface area contributed by atoms with E-state index in [1.54, 1.807) is 0 Å². The van der Waals surface area contributed by atoms with Gasteiger partial charge in [0.2, 0.25) is 0 Å². The summed E-state index contributed by atoms with van der Waals surface area (Å²) >= 11 is 0. The van der Waals surface area contributed by atoms with E-state index in [1.165, 1.54) is 18.4 Å². The van der Waals surface area contributed by atoms with Crippen LogP contribution < -0.4 is 5.32 Å². The van der Waals surface area contributed by atoms with Gasteiger partial charge in [-0.15, -0.1) is 24.0 Å². The maximum absolute atomic E-state index is 5.68. The number of likely N-dealkylation sites (tertiary alicyclic amines) is 1. The van der Waals surface area contributed by atoms with Crippen molar-refractivity contribution in [2.45, 2.75) is 38.2 Å². The Labute approximate surface area is 156 Å². The van der Waals surface area contributed by atoms with Gasteiger partial charge >= 0.3 is 0 Å². The van der Waals surface area contributed by atoms with Crippen LogP contribution in [0.5, 0.6) is 0 Å². The molecule has 0 aromatic heterocycles. The molecule has 0 spiro atoms. The minimum atomic E-state index is 0. The number of hydrogen-bond donors (Lipinski definition) is 1. The molecule has 23 heavy (non-hydrogen) atoms. The van der Waals surface area contributed by atoms with Crippen LogP contribution in [-0.4, -0.2) is 49.7 Å². The van der Waals surface area contributed by atoms with Gasteiger partial charge in [-0.25, -0.2) is 0 Å². The number of rotatable bonds is 4. The monoisotopic (exact) mass is 429 g/mol. The van der Waals surface area contributed by atoms with E-state index in [0.29, 0.717) is 12.0 Å². The van der Waals surface area contributed by atoms with E-state index < -0.39 is 0 Å². The Morgan fingerprint density at radius 1 is 1.30 bits per heavy atom. The first kappa shape index (κ1) is 18.5. The van der Waals surface area contributed by atoms with E-state index in [4.69, 9.17) is 9.73 Å². The second kappa shape index (κ2) is 9.47. The Morgan fingerprint density at radius 3 is 2.83 bits per heavy atom. The zero-order chi connectivity index (χ0) is 15.2. The van der Waals surface area contributed by atoms with E-state index in [9.17, 15) is 0 Å². The SMILES string of the molecule is CCNC(=NCC1CCCO1)N1CCC(c2ccccc2)C1.I. The van der Waals surface area contributed by atoms with E-state index in [0.717, 1.165) is 45.2 Å². The third kappa shape index (κ3) is 5.08. The highest BCUT2D eigenvalue weighted by Crippen LogP contribution is 2.27. The number of benzene rings is 1. The average molecular weight is 429 g/mol. The molecule has 0 aliphatic carbocycles. The summed E-state index contributed by atoms with van der Waals surface area (Å²) in [7, 11) is 0. The Hall–Kier alpha value is -0.820. The van der Waals surface area contributed by atoms with E-state index in [1.807, 2.05) is 0 Å². The average Bonchev–Trinajstić information content (AvgIpc) is 3.24. The Kier molecular flexibility index (Phi) is 7.62. The molecule has 2 atom stereocenters. The van der Waals surface area contributed by atoms with Gasteiger partial charge in [0.15, 0.2) is 5.96 Å². The second-order valence-corrected chi connectivity index (χ2v) is 6.17. The number of ether oxygens (including phenoxy) is 1. The van der Waals surface area contributed by atoms with Crippen LogP contribution in [0.4, 0.5) is 0 Å². The van der Waals surface area contributed by atoms with Crippen LogP contribution in [0.15, 0.2) is 35.3 Å². The molecular weight excluding hydrogens is 401 g/mol. The predicted molar refractivity (Wildman–Crippen MR) is 106 cm³/mol. The van der Waals surface area contributed by atoms with Gasteiger partial charge in [-0.05, 0) is 31.7 Å². The van der Waals surface area contributed by atoms with Gasteiger partial charge in [-0.1, -0.05) is 30.3 Å². The number of nitrogens with zero attached hydrogens (tertiary/aromatic N) is 2. The number of nitrogens with one attached hydrogen (secondary N) is 1. The molecule has 0 amide bonds. The number of hydrogen-bond acceptors (Lipinski definition) is 2. The smallest absolute Gasteiger partial charge is 0.194 e. The van der Waals surface area contributed by atoms with Gasteiger partial charge in [0, 0.05) is 32.2 Å². The summed E-state index contributed by atoms with van der Waals surface area (Å²) in [6, 6.07) is 10.8. The highest BCUT2D eigenvalue weighted by Gasteiger charge is 2.26. The van der Waals surface area contributed by atoms with Crippen LogP contribution in [0.25, 0.3) is 0 Å². The third-order valence-corrected chi connectivity index (χ3v) is 4.56. The molecule has 1 aromatic carbocycles. The first-order valence-corrected chi connectivity index (χ1v) is 8.56. The topological polar surface area (TPSA) is 36.9 Å². The molecule has 0 radical (unpaired) electrons. The molecular formula is C18H28IN3O. The molecule has 4 nitrogen and oxygen atoms in total. The molecule has 2 heterocycles. The molecule has 1 aromatic rings. The van der Waals surface area contributed by atoms with E-state index >= 15 is 0 Å². The summed E-state index contributed by atoms with van der Waals surface area (Å²) in [6.07, 6.45) is 3.85. The minimum Gasteiger partial charge on any atom is -0.376 e. The molecule has 2 aliphatic rings. The van der Waals surface area contributed by atoms with Gasteiger partial charge in [0.05, 0.1) is 12.6 Å². The molecule has 3 rings (SSSR count). The van der Waals surface area contributed by atoms with Crippen LogP contribution >= 0.6 is 24.0 Å². The third-order valence-electron chi connectivity index (χ3n) is 4.56. The van der Waals surface area contributed by atoms with Gasteiger partial charge < -0.3 is 15.0 Å². The summed E-state index contributed by atoms with van der Waals surface area (Å²) in [5.74, 6) is 1.67. The number of guanidine groups is 1. The molecule has 2 fully saturated rings. The van der Waals surface area contributed by atoms with Gasteiger partial charge in [-0.3, -0.25) is 4.99 Å². The van der Waals surface area contributed by atoms with Gasteiger partial charge in [0.1, 0.15) is 0 Å². The summed E-state index contributed by atoms with van der Waals surface area (Å²) in [6.45, 7) is 6.87. The summed E-state index contributed by atoms with van der Waals surface area (Å²) in [5, 5.41) is 3.44. The van der Waals surface area contributed by atoms with E-state index in [-0.39, 0.29) is 24.0 Å². The molecule has 128 valence electrons. The second-order valence-electron chi connectivity index (χ2n) is 6.17. The summed E-state index contributed by atoms with van der Waals surface area (Å²) in [5.41, 5.74) is 1.44. The zero-order valence-corrected chi connectivity index (χ0v) is 16.2. The molecule has 1 N–H and O–H groups in total. The Bertz CT molecular complexity index is 488. The lowest BCUT2D eigenvalue weighted by molar-refractivity contribution is 0.117. The van der Waals surface area contributed by atoms with Crippen molar-refractivity contribution in [3.63, 3.8) is 0 Å². The first-order valence-electron chi connectivity index (χ1n) is 8.56. The van der Waals surface area contributed by atoms with Crippen molar-refractivity contribution in [1.29, 1.82) is 0 Å². The van der Waals surface area contributed by atoms with Crippen LogP contribution in [-0.2, 0) is 4.74 Å². The van der Waals surface area contributed by atoms with Crippen molar-refractivity contribution in [3.8, 4) is 0 Å². The van der Waals surface area contributed by atoms with Crippen molar-refractivity contribution in [2.24, 2.45) is 4.99 Å². The minimum absolute atomic E-state index is 0. The largest absolute Gasteiger partial charge is 0.376 e. The molecule has 0 bridgehead atoms. The van der Waals surface area contributed by atoms with E-state index in [2.05, 4.69) is 47.5 Å². The lowest BCUT2D eigenvalue weighted by Crippen LogP contribution is -2.40. The van der Waals surface area contributed by atoms with Crippen molar-refractivity contribution < 1.29 is 4.74 Å². The molecule has 2 unspecified atom stereocenters. The Morgan fingerprint density at radius 2 is 2.13 bits per heavy atom. The Balaban J connectivity index is 0.00000192. The van der Waals surface area contributed by atoms with Crippen LogP contribution in [0, 0.1) is 0 Å². The quantitative estimate of drug-likeness (QED) is 0.454. The standard InChI is InChI=1S/C18H27N3O.HI/c1-2-19-18(20-13-17-9-6-12-22-17)21-11-10-16(14-21)15-7-4-3-5-8-15;/h3-5,7-8,16-17H,2,6,9-14H2,1H3,(H,19,20);1H. The summed E-state index contributed by atoms with van der Waals surface area (Å²) < 4.78 is 5.68. The lowest BCUT2D eigenvalue weighted by Gasteiger charge is -2.22. The molecule has 2 saturated heterocycles. The maximum atomic E-state index is 5.68. The fraction of sp³-hybridized carbons (Fsp3) is 0.611. The maximum Gasteiger partial charge on any atom is 0.194 e. The first-order chi connectivity index (χ1) is 10.9. The fourth-order valence-electron chi connectivity index (χ4n) is 3.35. The van der Waals surface area contributed by atoms with Crippen LogP contribution in [0.3, 0.4) is 0 Å². The number of halogens is 1. The van der Waals surface area contributed by atoms with Crippen LogP contribution in [0.2, 0.25) is 0 Å². The van der Waals surface area contributed by atoms with Crippen molar-refractivity contribution in [1.82, 2.24) is 10.2 Å². The van der Waals surface area contributed by atoms with Crippen molar-refractivity contribution in [3.05, 3.63) is 35.9 Å². The molecule has 0 saturated carbocycles. The van der Waals surface area contributed by atoms with Gasteiger partial charge in [0.25, 0.3) is 0 Å². The normalized spacial score (nSPS) is 24.6. The molecule has 2 aliphatic heterocycles. The van der Waals surface area contributed by atoms with Gasteiger partial charge in [-0.2, -0.15) is 0 Å². The zero-order valence-electron chi connectivity index (χ0n) is 13.9. The van der Waals surface area contributed by atoms with Crippen LogP contribution in [0.1, 0.15) is 37.7 Å². The highest BCUT2D eigenvalue weighted by molar-refractivity contribution is 14.0. The van der Waals surface area contributed by atoms with Crippen molar-refractivity contribution in [2.75, 3.05) is 32.8 Å². The highest BCUT2D eigenvalue weighted by atomic mass is 127. The fourth-order valence-corrected chi connectivity index (χ4v) is 3.35. The number of aliphatic imine (C=N–C) groups is 1.